The summed E-state index contributed by atoms with van der Waals surface area (Å²) in [4.78, 5) is 12.1. The Bertz CT molecular complexity index is 1140. The quantitative estimate of drug-likeness (QED) is 0.356. The van der Waals surface area contributed by atoms with E-state index in [-0.39, 0.29) is 5.82 Å². The predicted molar refractivity (Wildman–Crippen MR) is 115 cm³/mol. The molecule has 0 N–H and O–H groups in total. The molecule has 5 rings (SSSR count). The van der Waals surface area contributed by atoms with Gasteiger partial charge in [-0.05, 0) is 62.3 Å². The molecule has 0 bridgehead atoms. The number of hydrogen-bond acceptors (Lipinski definition) is 5. The summed E-state index contributed by atoms with van der Waals surface area (Å²) in [7, 11) is 0. The zero-order chi connectivity index (χ0) is 19.6. The molecule has 0 spiro atoms. The number of nitrogens with zero attached hydrogens (tertiary/aromatic N) is 5. The third-order valence-corrected chi connectivity index (χ3v) is 6.25. The fourth-order valence-corrected chi connectivity index (χ4v) is 4.74. The minimum atomic E-state index is -0.265. The average molecular weight is 408 g/mol. The molecule has 1 aliphatic rings. The summed E-state index contributed by atoms with van der Waals surface area (Å²) in [6, 6.07) is 14.3. The van der Waals surface area contributed by atoms with Crippen molar-refractivity contribution in [2.24, 2.45) is 0 Å². The van der Waals surface area contributed by atoms with E-state index < -0.39 is 0 Å². The van der Waals surface area contributed by atoms with E-state index in [4.69, 9.17) is 15.1 Å². The van der Waals surface area contributed by atoms with Crippen LogP contribution in [0.15, 0.2) is 53.7 Å². The maximum atomic E-state index is 13.3. The first-order valence-corrected chi connectivity index (χ1v) is 11.0. The molecule has 0 saturated carbocycles. The molecule has 1 saturated heterocycles. The van der Waals surface area contributed by atoms with Crippen molar-refractivity contribution in [2.45, 2.75) is 24.4 Å². The summed E-state index contributed by atoms with van der Waals surface area (Å²) >= 11 is 1.72. The first-order chi connectivity index (χ1) is 14.3. The van der Waals surface area contributed by atoms with Crippen LogP contribution >= 0.6 is 11.8 Å². The van der Waals surface area contributed by atoms with Crippen molar-refractivity contribution < 1.29 is 4.39 Å². The fraction of sp³-hybridized carbons (Fsp3) is 0.318. The van der Waals surface area contributed by atoms with Crippen molar-refractivity contribution in [3.8, 4) is 11.4 Å². The number of rotatable bonds is 5. The van der Waals surface area contributed by atoms with Crippen LogP contribution in [0.25, 0.3) is 27.9 Å². The molecule has 3 heterocycles. The molecule has 4 aromatic rings. The van der Waals surface area contributed by atoms with Crippen molar-refractivity contribution in [1.29, 1.82) is 0 Å². The van der Waals surface area contributed by atoms with Crippen LogP contribution in [-0.4, -0.2) is 49.9 Å². The minimum absolute atomic E-state index is 0.265. The van der Waals surface area contributed by atoms with E-state index >= 15 is 0 Å². The fourth-order valence-electron chi connectivity index (χ4n) is 3.79. The summed E-state index contributed by atoms with van der Waals surface area (Å²) in [5.74, 6) is 1.28. The van der Waals surface area contributed by atoms with Gasteiger partial charge in [0.2, 0.25) is 0 Å². The van der Waals surface area contributed by atoms with Gasteiger partial charge in [-0.3, -0.25) is 0 Å². The molecular formula is C22H22FN5S. The maximum Gasteiger partial charge on any atom is 0.191 e. The van der Waals surface area contributed by atoms with Crippen LogP contribution in [0.4, 0.5) is 4.39 Å². The lowest BCUT2D eigenvalue weighted by atomic mass is 10.1. The van der Waals surface area contributed by atoms with Gasteiger partial charge in [-0.25, -0.2) is 14.4 Å². The van der Waals surface area contributed by atoms with E-state index in [0.717, 1.165) is 39.6 Å². The van der Waals surface area contributed by atoms with Crippen LogP contribution in [0, 0.1) is 5.82 Å². The number of likely N-dealkylation sites (tertiary alicyclic amines) is 1. The lowest BCUT2D eigenvalue weighted by molar-refractivity contribution is 0.242. The van der Waals surface area contributed by atoms with Gasteiger partial charge >= 0.3 is 0 Å². The molecule has 0 unspecified atom stereocenters. The van der Waals surface area contributed by atoms with E-state index in [1.54, 1.807) is 23.9 Å². The van der Waals surface area contributed by atoms with Gasteiger partial charge in [-0.2, -0.15) is 4.52 Å². The highest BCUT2D eigenvalue weighted by Crippen LogP contribution is 2.26. The topological polar surface area (TPSA) is 46.3 Å². The average Bonchev–Trinajstić information content (AvgIpc) is 3.21. The van der Waals surface area contributed by atoms with Crippen LogP contribution in [0.5, 0.6) is 0 Å². The van der Waals surface area contributed by atoms with Gasteiger partial charge in [-0.1, -0.05) is 30.3 Å². The Balaban J connectivity index is 1.50. The Morgan fingerprint density at radius 3 is 2.55 bits per heavy atom. The third-order valence-electron chi connectivity index (χ3n) is 5.34. The van der Waals surface area contributed by atoms with Gasteiger partial charge in [0.1, 0.15) is 5.82 Å². The largest absolute Gasteiger partial charge is 0.303 e. The number of hydrogen-bond donors (Lipinski definition) is 0. The Hall–Kier alpha value is -2.51. The molecule has 1 fully saturated rings. The number of para-hydroxylation sites is 1. The lowest BCUT2D eigenvalue weighted by Crippen LogP contribution is -2.31. The van der Waals surface area contributed by atoms with E-state index in [9.17, 15) is 4.39 Å². The highest BCUT2D eigenvalue weighted by molar-refractivity contribution is 7.99. The highest BCUT2D eigenvalue weighted by Gasteiger charge is 2.16. The summed E-state index contributed by atoms with van der Waals surface area (Å²) in [5, 5.41) is 6.52. The second-order valence-electron chi connectivity index (χ2n) is 7.34. The highest BCUT2D eigenvalue weighted by atomic mass is 32.2. The van der Waals surface area contributed by atoms with Gasteiger partial charge < -0.3 is 4.90 Å². The molecular weight excluding hydrogens is 385 g/mol. The van der Waals surface area contributed by atoms with Crippen LogP contribution in [0.1, 0.15) is 19.3 Å². The van der Waals surface area contributed by atoms with Crippen molar-refractivity contribution in [1.82, 2.24) is 24.5 Å². The zero-order valence-corrected chi connectivity index (χ0v) is 16.9. The van der Waals surface area contributed by atoms with Crippen molar-refractivity contribution >= 4 is 28.3 Å². The second kappa shape index (κ2) is 8.08. The molecule has 0 atom stereocenters. The molecule has 0 amide bonds. The molecule has 29 heavy (non-hydrogen) atoms. The van der Waals surface area contributed by atoms with Crippen molar-refractivity contribution in [2.75, 3.05) is 25.4 Å². The smallest absolute Gasteiger partial charge is 0.191 e. The summed E-state index contributed by atoms with van der Waals surface area (Å²) < 4.78 is 15.1. The Morgan fingerprint density at radius 2 is 1.72 bits per heavy atom. The number of thioether (sulfide) groups is 1. The monoisotopic (exact) mass is 407 g/mol. The predicted octanol–water partition coefficient (Wildman–Crippen LogP) is 4.66. The normalized spacial score (nSPS) is 15.3. The first kappa shape index (κ1) is 18.5. The van der Waals surface area contributed by atoms with Crippen molar-refractivity contribution in [3.05, 3.63) is 54.3 Å². The van der Waals surface area contributed by atoms with Crippen LogP contribution < -0.4 is 0 Å². The molecule has 0 aliphatic carbocycles. The third kappa shape index (κ3) is 3.84. The molecule has 2 aromatic carbocycles. The van der Waals surface area contributed by atoms with Crippen molar-refractivity contribution in [3.63, 3.8) is 0 Å². The summed E-state index contributed by atoms with van der Waals surface area (Å²) in [5.41, 5.74) is 2.50. The van der Waals surface area contributed by atoms with Crippen LogP contribution in [0.3, 0.4) is 0 Å². The van der Waals surface area contributed by atoms with E-state index in [0.29, 0.717) is 5.82 Å². The summed E-state index contributed by atoms with van der Waals surface area (Å²) in [6.07, 6.45) is 3.95. The van der Waals surface area contributed by atoms with Crippen LogP contribution in [0.2, 0.25) is 0 Å². The number of benzene rings is 2. The zero-order valence-electron chi connectivity index (χ0n) is 16.1. The number of halogens is 1. The molecule has 5 nitrogen and oxygen atoms in total. The molecule has 2 aromatic heterocycles. The van der Waals surface area contributed by atoms with Gasteiger partial charge in [0.15, 0.2) is 16.6 Å². The standard InChI is InChI=1S/C22H22FN5S/c23-17-10-8-16(9-11-17)20-25-21-18-6-2-3-7-19(18)24-22(28(21)26-20)29-15-14-27-12-4-1-5-13-27/h2-3,6-11H,1,4-5,12-15H2. The van der Waals surface area contributed by atoms with Gasteiger partial charge in [-0.15, -0.1) is 5.10 Å². The Labute approximate surface area is 173 Å². The molecule has 1 aliphatic heterocycles. The van der Waals surface area contributed by atoms with Gasteiger partial charge in [0, 0.05) is 23.2 Å². The molecule has 148 valence electrons. The van der Waals surface area contributed by atoms with E-state index in [1.165, 1.54) is 44.5 Å². The number of fused-ring (bicyclic) bond motifs is 3. The van der Waals surface area contributed by atoms with E-state index in [1.807, 2.05) is 28.8 Å². The van der Waals surface area contributed by atoms with Gasteiger partial charge in [0.05, 0.1) is 5.52 Å². The lowest BCUT2D eigenvalue weighted by Gasteiger charge is -2.25. The SMILES string of the molecule is Fc1ccc(-c2nc3c4ccccc4nc(SCCN4CCCCC4)n3n2)cc1. The molecule has 0 radical (unpaired) electrons. The van der Waals surface area contributed by atoms with Crippen LogP contribution in [-0.2, 0) is 0 Å². The second-order valence-corrected chi connectivity index (χ2v) is 8.40. The Morgan fingerprint density at radius 1 is 0.931 bits per heavy atom. The number of piperidine rings is 1. The van der Waals surface area contributed by atoms with Gasteiger partial charge in [0.25, 0.3) is 0 Å². The maximum absolute atomic E-state index is 13.3. The van der Waals surface area contributed by atoms with E-state index in [2.05, 4.69) is 4.90 Å². The molecule has 7 heteroatoms. The summed E-state index contributed by atoms with van der Waals surface area (Å²) in [6.45, 7) is 3.44. The Kier molecular flexibility index (Phi) is 5.16. The first-order valence-electron chi connectivity index (χ1n) is 10.0. The minimum Gasteiger partial charge on any atom is -0.303 e. The number of aromatic nitrogens is 4.